The third kappa shape index (κ3) is 5.90. The lowest BCUT2D eigenvalue weighted by Crippen LogP contribution is -2.29. The van der Waals surface area contributed by atoms with E-state index < -0.39 is 0 Å². The highest BCUT2D eigenvalue weighted by molar-refractivity contribution is 4.81. The van der Waals surface area contributed by atoms with E-state index in [4.69, 9.17) is 0 Å². The Morgan fingerprint density at radius 3 is 2.24 bits per heavy atom. The lowest BCUT2D eigenvalue weighted by molar-refractivity contribution is 0.0497. The average molecular weight is 240 g/mol. The van der Waals surface area contributed by atoms with Crippen molar-refractivity contribution in [3.63, 3.8) is 0 Å². The van der Waals surface area contributed by atoms with E-state index in [0.29, 0.717) is 11.3 Å². The molecule has 1 aliphatic rings. The Hall–Kier alpha value is -0.0400. The highest BCUT2D eigenvalue weighted by Crippen LogP contribution is 2.39. The Kier molecular flexibility index (Phi) is 6.54. The van der Waals surface area contributed by atoms with Crippen molar-refractivity contribution < 1.29 is 5.11 Å². The zero-order chi connectivity index (χ0) is 12.7. The summed E-state index contributed by atoms with van der Waals surface area (Å²) in [5.41, 5.74) is 0.525. The van der Waals surface area contributed by atoms with Crippen molar-refractivity contribution >= 4 is 0 Å². The molecule has 1 unspecified atom stereocenters. The molecule has 1 nitrogen and oxygen atoms in total. The van der Waals surface area contributed by atoms with E-state index in [1.807, 2.05) is 0 Å². The third-order valence-electron chi connectivity index (χ3n) is 4.53. The minimum atomic E-state index is -0.0206. The van der Waals surface area contributed by atoms with Crippen LogP contribution in [0.3, 0.4) is 0 Å². The molecule has 0 bridgehead atoms. The van der Waals surface area contributed by atoms with Crippen LogP contribution in [0.1, 0.15) is 85.0 Å². The molecule has 17 heavy (non-hydrogen) atoms. The second kappa shape index (κ2) is 7.41. The largest absolute Gasteiger partial charge is 0.393 e. The summed E-state index contributed by atoms with van der Waals surface area (Å²) in [6.07, 6.45) is 12.6. The van der Waals surface area contributed by atoms with Crippen molar-refractivity contribution in [2.45, 2.75) is 91.1 Å². The monoisotopic (exact) mass is 240 g/mol. The molecule has 0 spiro atoms. The van der Waals surface area contributed by atoms with Gasteiger partial charge in [-0.1, -0.05) is 52.9 Å². The van der Waals surface area contributed by atoms with Crippen molar-refractivity contribution in [1.82, 2.24) is 0 Å². The van der Waals surface area contributed by atoms with E-state index in [1.165, 1.54) is 57.8 Å². The van der Waals surface area contributed by atoms with Crippen LogP contribution in [-0.4, -0.2) is 11.2 Å². The van der Waals surface area contributed by atoms with Crippen LogP contribution in [0.5, 0.6) is 0 Å². The zero-order valence-corrected chi connectivity index (χ0v) is 12.2. The molecule has 1 N–H and O–H groups in total. The summed E-state index contributed by atoms with van der Waals surface area (Å²) < 4.78 is 0. The number of hydrogen-bond donors (Lipinski definition) is 1. The molecule has 0 aromatic rings. The fraction of sp³-hybridized carbons (Fsp3) is 1.00. The molecule has 0 saturated heterocycles. The molecule has 0 aromatic heterocycles. The molecule has 0 aromatic carbocycles. The van der Waals surface area contributed by atoms with Crippen LogP contribution in [0.2, 0.25) is 0 Å². The minimum Gasteiger partial charge on any atom is -0.393 e. The van der Waals surface area contributed by atoms with E-state index in [1.54, 1.807) is 0 Å². The van der Waals surface area contributed by atoms with Gasteiger partial charge >= 0.3 is 0 Å². The molecule has 0 amide bonds. The zero-order valence-electron chi connectivity index (χ0n) is 12.2. The lowest BCUT2D eigenvalue weighted by Gasteiger charge is -2.36. The third-order valence-corrected chi connectivity index (χ3v) is 4.53. The maximum absolute atomic E-state index is 10.2. The maximum atomic E-state index is 10.2. The molecular formula is C16H32O. The molecule has 1 saturated carbocycles. The molecule has 1 atom stereocenters. The van der Waals surface area contributed by atoms with Crippen molar-refractivity contribution in [2.24, 2.45) is 11.3 Å². The van der Waals surface area contributed by atoms with E-state index in [9.17, 15) is 5.11 Å². The molecule has 1 rings (SSSR count). The highest BCUT2D eigenvalue weighted by atomic mass is 16.3. The van der Waals surface area contributed by atoms with Crippen LogP contribution in [-0.2, 0) is 0 Å². The van der Waals surface area contributed by atoms with Gasteiger partial charge in [0.25, 0.3) is 0 Å². The smallest absolute Gasteiger partial charge is 0.0568 e. The first-order valence-corrected chi connectivity index (χ1v) is 7.73. The second-order valence-electron chi connectivity index (χ2n) is 6.77. The van der Waals surface area contributed by atoms with Gasteiger partial charge in [0, 0.05) is 0 Å². The van der Waals surface area contributed by atoms with Gasteiger partial charge in [-0.3, -0.25) is 0 Å². The Labute approximate surface area is 108 Å². The number of unbranched alkanes of at least 4 members (excludes halogenated alkanes) is 4. The van der Waals surface area contributed by atoms with E-state index >= 15 is 0 Å². The Morgan fingerprint density at radius 1 is 1.06 bits per heavy atom. The Balaban J connectivity index is 2.10. The Bertz CT molecular complexity index is 188. The van der Waals surface area contributed by atoms with Gasteiger partial charge in [-0.05, 0) is 43.4 Å². The fourth-order valence-electron chi connectivity index (χ4n) is 3.00. The van der Waals surface area contributed by atoms with Crippen LogP contribution in [0.4, 0.5) is 0 Å². The van der Waals surface area contributed by atoms with Gasteiger partial charge < -0.3 is 5.11 Å². The first-order valence-electron chi connectivity index (χ1n) is 7.73. The quantitative estimate of drug-likeness (QED) is 0.626. The number of hydrogen-bond acceptors (Lipinski definition) is 1. The minimum absolute atomic E-state index is 0.0206. The lowest BCUT2D eigenvalue weighted by atomic mass is 9.71. The predicted octanol–water partition coefficient (Wildman–Crippen LogP) is 4.92. The van der Waals surface area contributed by atoms with Gasteiger partial charge in [-0.15, -0.1) is 0 Å². The number of rotatable bonds is 7. The van der Waals surface area contributed by atoms with E-state index in [-0.39, 0.29) is 6.10 Å². The number of aliphatic hydroxyl groups excluding tert-OH is 1. The van der Waals surface area contributed by atoms with Gasteiger partial charge in [0.1, 0.15) is 0 Å². The first-order chi connectivity index (χ1) is 8.05. The van der Waals surface area contributed by atoms with Crippen molar-refractivity contribution in [2.75, 3.05) is 0 Å². The highest BCUT2D eigenvalue weighted by Gasteiger charge is 2.30. The summed E-state index contributed by atoms with van der Waals surface area (Å²) in [6.45, 7) is 6.97. The second-order valence-corrected chi connectivity index (χ2v) is 6.77. The molecule has 0 radical (unpaired) electrons. The number of aliphatic hydroxyl groups is 1. The molecule has 1 fully saturated rings. The fourth-order valence-corrected chi connectivity index (χ4v) is 3.00. The van der Waals surface area contributed by atoms with E-state index in [2.05, 4.69) is 20.8 Å². The Morgan fingerprint density at radius 2 is 1.65 bits per heavy atom. The van der Waals surface area contributed by atoms with Crippen LogP contribution in [0.25, 0.3) is 0 Å². The van der Waals surface area contributed by atoms with Gasteiger partial charge in [-0.25, -0.2) is 0 Å². The van der Waals surface area contributed by atoms with Crippen LogP contribution in [0, 0.1) is 11.3 Å². The van der Waals surface area contributed by atoms with Crippen molar-refractivity contribution in [1.29, 1.82) is 0 Å². The SMILES string of the molecule is CCCCCCCC(O)C1CCC(C)(C)CC1. The normalized spacial score (nSPS) is 22.6. The molecule has 102 valence electrons. The molecule has 0 aliphatic heterocycles. The molecule has 1 heteroatoms. The van der Waals surface area contributed by atoms with Crippen LogP contribution < -0.4 is 0 Å². The van der Waals surface area contributed by atoms with Gasteiger partial charge in [0.2, 0.25) is 0 Å². The van der Waals surface area contributed by atoms with Gasteiger partial charge in [-0.2, -0.15) is 0 Å². The van der Waals surface area contributed by atoms with Crippen LogP contribution in [0.15, 0.2) is 0 Å². The summed E-state index contributed by atoms with van der Waals surface area (Å²) in [4.78, 5) is 0. The molecular weight excluding hydrogens is 208 g/mol. The topological polar surface area (TPSA) is 20.2 Å². The standard InChI is InChI=1S/C16H32O/c1-4-5-6-7-8-9-15(17)14-10-12-16(2,3)13-11-14/h14-15,17H,4-13H2,1-3H3. The first kappa shape index (κ1) is 15.0. The molecule has 1 aliphatic carbocycles. The van der Waals surface area contributed by atoms with Gasteiger partial charge in [0.05, 0.1) is 6.10 Å². The van der Waals surface area contributed by atoms with Gasteiger partial charge in [0.15, 0.2) is 0 Å². The van der Waals surface area contributed by atoms with Crippen molar-refractivity contribution in [3.05, 3.63) is 0 Å². The summed E-state index contributed by atoms with van der Waals surface area (Å²) in [7, 11) is 0. The summed E-state index contributed by atoms with van der Waals surface area (Å²) >= 11 is 0. The predicted molar refractivity (Wildman–Crippen MR) is 75.1 cm³/mol. The average Bonchev–Trinajstić information content (AvgIpc) is 2.28. The summed E-state index contributed by atoms with van der Waals surface area (Å²) in [6, 6.07) is 0. The summed E-state index contributed by atoms with van der Waals surface area (Å²) in [5.74, 6) is 0.592. The van der Waals surface area contributed by atoms with Crippen LogP contribution >= 0.6 is 0 Å². The summed E-state index contributed by atoms with van der Waals surface area (Å²) in [5, 5.41) is 10.2. The maximum Gasteiger partial charge on any atom is 0.0568 e. The van der Waals surface area contributed by atoms with Crippen molar-refractivity contribution in [3.8, 4) is 0 Å². The molecule has 0 heterocycles. The van der Waals surface area contributed by atoms with E-state index in [0.717, 1.165) is 6.42 Å².